The van der Waals surface area contributed by atoms with Crippen LogP contribution in [0.15, 0.2) is 33.0 Å². The van der Waals surface area contributed by atoms with E-state index in [0.717, 1.165) is 23.3 Å². The fraction of sp³-hybridized carbons (Fsp3) is 0.385. The molecule has 0 aliphatic rings. The Hall–Kier alpha value is -1.24. The molecule has 0 atom stereocenters. The van der Waals surface area contributed by atoms with E-state index in [9.17, 15) is 4.79 Å². The van der Waals surface area contributed by atoms with Gasteiger partial charge in [-0.05, 0) is 48.8 Å². The fourth-order valence-corrected chi connectivity index (χ4v) is 3.03. The second kappa shape index (κ2) is 6.97. The highest BCUT2D eigenvalue weighted by atomic mass is 35.5. The van der Waals surface area contributed by atoms with Crippen LogP contribution in [0.3, 0.4) is 0 Å². The molecule has 0 bridgehead atoms. The van der Waals surface area contributed by atoms with Gasteiger partial charge in [0.2, 0.25) is 0 Å². The quantitative estimate of drug-likeness (QED) is 0.858. The minimum atomic E-state index is -0.190. The van der Waals surface area contributed by atoms with E-state index in [1.165, 1.54) is 11.8 Å². The van der Waals surface area contributed by atoms with Gasteiger partial charge in [0.05, 0.1) is 5.02 Å². The van der Waals surface area contributed by atoms with Crippen LogP contribution in [0.2, 0.25) is 5.02 Å². The Balaban J connectivity index is 2.24. The molecule has 0 unspecified atom stereocenters. The summed E-state index contributed by atoms with van der Waals surface area (Å²) in [5.74, 6) is 0. The van der Waals surface area contributed by atoms with Crippen molar-refractivity contribution < 1.29 is 0 Å². The summed E-state index contributed by atoms with van der Waals surface area (Å²) in [6.07, 6.45) is 1.67. The Morgan fingerprint density at radius 1 is 1.50 bits per heavy atom. The third kappa shape index (κ3) is 3.45. The van der Waals surface area contributed by atoms with E-state index in [-0.39, 0.29) is 5.69 Å². The van der Waals surface area contributed by atoms with Gasteiger partial charge in [0.15, 0.2) is 5.16 Å². The Labute approximate surface area is 126 Å². The minimum Gasteiger partial charge on any atom is -0.330 e. The zero-order chi connectivity index (χ0) is 14.5. The summed E-state index contributed by atoms with van der Waals surface area (Å²) in [6.45, 7) is 3.25. The number of nitrogens with zero attached hydrogens (tertiary/aromatic N) is 2. The molecule has 0 aliphatic carbocycles. The lowest BCUT2D eigenvalue weighted by Gasteiger charge is -2.07. The van der Waals surface area contributed by atoms with Crippen LogP contribution >= 0.6 is 23.4 Å². The molecule has 0 aliphatic heterocycles. The molecule has 0 radical (unpaired) electrons. The number of rotatable bonds is 6. The second-order valence-electron chi connectivity index (χ2n) is 4.37. The van der Waals surface area contributed by atoms with Gasteiger partial charge in [-0.3, -0.25) is 4.57 Å². The highest BCUT2D eigenvalue weighted by Crippen LogP contribution is 2.32. The van der Waals surface area contributed by atoms with Crippen molar-refractivity contribution in [1.82, 2.24) is 14.8 Å². The molecule has 20 heavy (non-hydrogen) atoms. The van der Waals surface area contributed by atoms with Crippen molar-refractivity contribution in [2.45, 2.75) is 36.4 Å². The van der Waals surface area contributed by atoms with Gasteiger partial charge in [0.25, 0.3) is 0 Å². The van der Waals surface area contributed by atoms with Gasteiger partial charge >= 0.3 is 5.69 Å². The summed E-state index contributed by atoms with van der Waals surface area (Å²) in [4.78, 5) is 12.5. The lowest BCUT2D eigenvalue weighted by atomic mass is 10.1. The smallest absolute Gasteiger partial charge is 0.330 e. The first-order valence-corrected chi connectivity index (χ1v) is 7.66. The number of hydrogen-bond acceptors (Lipinski definition) is 4. The fourth-order valence-electron chi connectivity index (χ4n) is 1.85. The average molecular weight is 313 g/mol. The first-order chi connectivity index (χ1) is 9.65. The number of hydrogen-bond donors (Lipinski definition) is 2. The molecule has 0 saturated heterocycles. The Morgan fingerprint density at radius 2 is 2.30 bits per heavy atom. The van der Waals surface area contributed by atoms with E-state index < -0.39 is 0 Å². The van der Waals surface area contributed by atoms with Crippen LogP contribution in [0.25, 0.3) is 0 Å². The number of H-pyrrole nitrogens is 1. The van der Waals surface area contributed by atoms with Crippen LogP contribution in [-0.4, -0.2) is 21.3 Å². The summed E-state index contributed by atoms with van der Waals surface area (Å²) in [5.41, 5.74) is 6.44. The van der Waals surface area contributed by atoms with E-state index in [1.54, 1.807) is 4.57 Å². The maximum absolute atomic E-state index is 11.6. The van der Waals surface area contributed by atoms with E-state index >= 15 is 0 Å². The summed E-state index contributed by atoms with van der Waals surface area (Å²) in [7, 11) is 0. The molecule has 7 heteroatoms. The van der Waals surface area contributed by atoms with Crippen LogP contribution < -0.4 is 11.4 Å². The molecule has 5 nitrogen and oxygen atoms in total. The first kappa shape index (κ1) is 15.2. The average Bonchev–Trinajstić information content (AvgIpc) is 2.75. The molecule has 1 aromatic carbocycles. The molecule has 108 valence electrons. The molecular formula is C13H17ClN4OS. The minimum absolute atomic E-state index is 0.190. The third-order valence-corrected chi connectivity index (χ3v) is 4.30. The Bertz CT molecular complexity index is 638. The lowest BCUT2D eigenvalue weighted by Crippen LogP contribution is -2.17. The second-order valence-corrected chi connectivity index (χ2v) is 5.78. The van der Waals surface area contributed by atoms with E-state index in [1.807, 2.05) is 25.1 Å². The van der Waals surface area contributed by atoms with Gasteiger partial charge in [-0.1, -0.05) is 24.6 Å². The monoisotopic (exact) mass is 312 g/mol. The molecule has 0 saturated carbocycles. The van der Waals surface area contributed by atoms with Gasteiger partial charge in [0, 0.05) is 11.4 Å². The van der Waals surface area contributed by atoms with Gasteiger partial charge in [-0.15, -0.1) is 5.10 Å². The van der Waals surface area contributed by atoms with Gasteiger partial charge < -0.3 is 5.73 Å². The molecule has 0 spiro atoms. The molecule has 2 aromatic rings. The summed E-state index contributed by atoms with van der Waals surface area (Å²) < 4.78 is 1.62. The SMILES string of the molecule is CCCn1c(Sc2ccc(CCN)cc2Cl)n[nH]c1=O. The molecule has 2 rings (SSSR count). The normalized spacial score (nSPS) is 10.9. The van der Waals surface area contributed by atoms with Crippen LogP contribution in [0.4, 0.5) is 0 Å². The first-order valence-electron chi connectivity index (χ1n) is 6.47. The Kier molecular flexibility index (Phi) is 5.28. The van der Waals surface area contributed by atoms with Crippen LogP contribution in [0.5, 0.6) is 0 Å². The van der Waals surface area contributed by atoms with E-state index in [2.05, 4.69) is 10.2 Å². The zero-order valence-electron chi connectivity index (χ0n) is 11.2. The third-order valence-electron chi connectivity index (χ3n) is 2.80. The number of benzene rings is 1. The van der Waals surface area contributed by atoms with Gasteiger partial charge in [-0.2, -0.15) is 0 Å². The molecule has 1 heterocycles. The number of halogens is 1. The van der Waals surface area contributed by atoms with Crippen LogP contribution in [0, 0.1) is 0 Å². The zero-order valence-corrected chi connectivity index (χ0v) is 12.8. The van der Waals surface area contributed by atoms with Gasteiger partial charge in [-0.25, -0.2) is 9.89 Å². The van der Waals surface area contributed by atoms with Gasteiger partial charge in [0.1, 0.15) is 0 Å². The van der Waals surface area contributed by atoms with Crippen molar-refractivity contribution in [3.05, 3.63) is 39.3 Å². The van der Waals surface area contributed by atoms with Crippen molar-refractivity contribution in [3.8, 4) is 0 Å². The predicted octanol–water partition coefficient (Wildman–Crippen LogP) is 2.29. The molecule has 1 aromatic heterocycles. The summed E-state index contributed by atoms with van der Waals surface area (Å²) in [6, 6.07) is 5.84. The maximum atomic E-state index is 11.6. The summed E-state index contributed by atoms with van der Waals surface area (Å²) in [5, 5.41) is 7.79. The van der Waals surface area contributed by atoms with Crippen molar-refractivity contribution >= 4 is 23.4 Å². The Morgan fingerprint density at radius 3 is 2.95 bits per heavy atom. The number of nitrogens with two attached hydrogens (primary N) is 1. The number of aromatic nitrogens is 3. The van der Waals surface area contributed by atoms with Crippen molar-refractivity contribution in [2.24, 2.45) is 5.73 Å². The molecular weight excluding hydrogens is 296 g/mol. The van der Waals surface area contributed by atoms with E-state index in [0.29, 0.717) is 23.3 Å². The van der Waals surface area contributed by atoms with Crippen molar-refractivity contribution in [3.63, 3.8) is 0 Å². The largest absolute Gasteiger partial charge is 0.343 e. The van der Waals surface area contributed by atoms with Crippen molar-refractivity contribution in [1.29, 1.82) is 0 Å². The molecule has 3 N–H and O–H groups in total. The van der Waals surface area contributed by atoms with E-state index in [4.69, 9.17) is 17.3 Å². The lowest BCUT2D eigenvalue weighted by molar-refractivity contribution is 0.604. The predicted molar refractivity (Wildman–Crippen MR) is 81.5 cm³/mol. The standard InChI is InChI=1S/C13H17ClN4OS/c1-2-7-18-12(19)16-17-13(18)20-11-4-3-9(5-6-15)8-10(11)14/h3-4,8H,2,5-7,15H2,1H3,(H,16,19). The molecule has 0 amide bonds. The number of aromatic amines is 1. The maximum Gasteiger partial charge on any atom is 0.343 e. The van der Waals surface area contributed by atoms with Crippen LogP contribution in [-0.2, 0) is 13.0 Å². The van der Waals surface area contributed by atoms with Crippen LogP contribution in [0.1, 0.15) is 18.9 Å². The highest BCUT2D eigenvalue weighted by molar-refractivity contribution is 7.99. The topological polar surface area (TPSA) is 76.7 Å². The number of nitrogens with one attached hydrogen (secondary N) is 1. The molecule has 0 fully saturated rings. The highest BCUT2D eigenvalue weighted by Gasteiger charge is 2.11. The van der Waals surface area contributed by atoms with Crippen molar-refractivity contribution in [2.75, 3.05) is 6.54 Å². The summed E-state index contributed by atoms with van der Waals surface area (Å²) >= 11 is 7.65.